The van der Waals surface area contributed by atoms with Gasteiger partial charge in [0.25, 0.3) is 0 Å². The van der Waals surface area contributed by atoms with Crippen LogP contribution >= 0.6 is 0 Å². The number of nitrogens with zero attached hydrogens (tertiary/aromatic N) is 2. The quantitative estimate of drug-likeness (QED) is 0.908. The van der Waals surface area contributed by atoms with Crippen molar-refractivity contribution in [2.75, 3.05) is 0 Å². The second-order valence-electron chi connectivity index (χ2n) is 6.58. The van der Waals surface area contributed by atoms with Crippen LogP contribution in [0.4, 0.5) is 9.18 Å². The lowest BCUT2D eigenvalue weighted by Gasteiger charge is -2.23. The SMILES string of the molecule is Cc1noc(CC(Cc2ccccc2F)NC(=O)OC(C)(C)C)n1. The van der Waals surface area contributed by atoms with Gasteiger partial charge in [0, 0.05) is 12.5 Å². The van der Waals surface area contributed by atoms with Gasteiger partial charge in [0.1, 0.15) is 11.4 Å². The van der Waals surface area contributed by atoms with Gasteiger partial charge in [0.05, 0.1) is 0 Å². The molecule has 0 aliphatic heterocycles. The Morgan fingerprint density at radius 2 is 2.04 bits per heavy atom. The average Bonchev–Trinajstić information content (AvgIpc) is 2.84. The van der Waals surface area contributed by atoms with Crippen LogP contribution in [0.1, 0.15) is 38.0 Å². The molecule has 130 valence electrons. The molecule has 1 amide bonds. The zero-order valence-electron chi connectivity index (χ0n) is 14.3. The maximum atomic E-state index is 13.9. The number of carbonyl (C=O) groups excluding carboxylic acids is 1. The highest BCUT2D eigenvalue weighted by Crippen LogP contribution is 2.13. The predicted molar refractivity (Wildman–Crippen MR) is 86.0 cm³/mol. The summed E-state index contributed by atoms with van der Waals surface area (Å²) in [7, 11) is 0. The molecule has 1 N–H and O–H groups in total. The van der Waals surface area contributed by atoms with E-state index < -0.39 is 17.7 Å². The summed E-state index contributed by atoms with van der Waals surface area (Å²) in [5.41, 5.74) is -0.122. The van der Waals surface area contributed by atoms with Crippen LogP contribution in [0.3, 0.4) is 0 Å². The summed E-state index contributed by atoms with van der Waals surface area (Å²) < 4.78 is 24.3. The van der Waals surface area contributed by atoms with Crippen LogP contribution in [0.5, 0.6) is 0 Å². The van der Waals surface area contributed by atoms with E-state index in [0.717, 1.165) is 0 Å². The molecule has 1 aromatic heterocycles. The maximum Gasteiger partial charge on any atom is 0.407 e. The van der Waals surface area contributed by atoms with Crippen LogP contribution in [0.15, 0.2) is 28.8 Å². The third-order valence-electron chi connectivity index (χ3n) is 3.14. The van der Waals surface area contributed by atoms with Crippen LogP contribution in [-0.4, -0.2) is 27.9 Å². The minimum absolute atomic E-state index is 0.285. The summed E-state index contributed by atoms with van der Waals surface area (Å²) in [5.74, 6) is 0.562. The summed E-state index contributed by atoms with van der Waals surface area (Å²) in [6.07, 6.45) is 0.00182. The molecule has 2 rings (SSSR count). The van der Waals surface area contributed by atoms with Crippen molar-refractivity contribution < 1.29 is 18.4 Å². The summed E-state index contributed by atoms with van der Waals surface area (Å²) in [5, 5.41) is 6.48. The number of hydrogen-bond acceptors (Lipinski definition) is 5. The molecule has 0 fully saturated rings. The van der Waals surface area contributed by atoms with Gasteiger partial charge in [-0.25, -0.2) is 9.18 Å². The molecular weight excluding hydrogens is 313 g/mol. The first-order valence-electron chi connectivity index (χ1n) is 7.75. The van der Waals surface area contributed by atoms with Crippen molar-refractivity contribution >= 4 is 6.09 Å². The van der Waals surface area contributed by atoms with Crippen LogP contribution in [0.2, 0.25) is 0 Å². The first-order valence-corrected chi connectivity index (χ1v) is 7.75. The Balaban J connectivity index is 2.11. The predicted octanol–water partition coefficient (Wildman–Crippen LogP) is 3.20. The van der Waals surface area contributed by atoms with E-state index in [1.165, 1.54) is 6.07 Å². The van der Waals surface area contributed by atoms with E-state index in [2.05, 4.69) is 15.5 Å². The number of ether oxygens (including phenoxy) is 1. The Labute approximate surface area is 140 Å². The lowest BCUT2D eigenvalue weighted by molar-refractivity contribution is 0.0502. The molecule has 0 radical (unpaired) electrons. The van der Waals surface area contributed by atoms with Gasteiger partial charge >= 0.3 is 6.09 Å². The first kappa shape index (κ1) is 17.9. The Bertz CT molecular complexity index is 694. The zero-order valence-corrected chi connectivity index (χ0v) is 14.3. The van der Waals surface area contributed by atoms with Gasteiger partial charge < -0.3 is 14.6 Å². The second-order valence-corrected chi connectivity index (χ2v) is 6.58. The fourth-order valence-corrected chi connectivity index (χ4v) is 2.21. The van der Waals surface area contributed by atoms with Gasteiger partial charge in [-0.1, -0.05) is 23.4 Å². The summed E-state index contributed by atoms with van der Waals surface area (Å²) in [4.78, 5) is 16.2. The standard InChI is InChI=1S/C17H22FN3O3/c1-11-19-15(24-21-11)10-13(20-16(22)23-17(2,3)4)9-12-7-5-6-8-14(12)18/h5-8,13H,9-10H2,1-4H3,(H,20,22). The third kappa shape index (κ3) is 5.64. The monoisotopic (exact) mass is 335 g/mol. The molecular formula is C17H22FN3O3. The van der Waals surface area contributed by atoms with E-state index in [1.54, 1.807) is 45.9 Å². The number of aryl methyl sites for hydroxylation is 1. The fraction of sp³-hybridized carbons (Fsp3) is 0.471. The third-order valence-corrected chi connectivity index (χ3v) is 3.14. The summed E-state index contributed by atoms with van der Waals surface area (Å²) in [6, 6.07) is 6.00. The Kier molecular flexibility index (Phi) is 5.54. The Morgan fingerprint density at radius 1 is 1.33 bits per heavy atom. The molecule has 0 aliphatic carbocycles. The largest absolute Gasteiger partial charge is 0.444 e. The Hall–Kier alpha value is -2.44. The van der Waals surface area contributed by atoms with Crippen LogP contribution in [-0.2, 0) is 17.6 Å². The summed E-state index contributed by atoms with van der Waals surface area (Å²) in [6.45, 7) is 7.04. The number of aromatic nitrogens is 2. The molecule has 7 heteroatoms. The average molecular weight is 335 g/mol. The highest BCUT2D eigenvalue weighted by atomic mass is 19.1. The van der Waals surface area contributed by atoms with Crippen molar-refractivity contribution in [1.82, 2.24) is 15.5 Å². The topological polar surface area (TPSA) is 77.2 Å². The fourth-order valence-electron chi connectivity index (χ4n) is 2.21. The second kappa shape index (κ2) is 7.42. The number of hydrogen-bond donors (Lipinski definition) is 1. The lowest BCUT2D eigenvalue weighted by atomic mass is 10.0. The number of rotatable bonds is 5. The molecule has 1 aromatic carbocycles. The number of alkyl carbamates (subject to hydrolysis) is 1. The van der Waals surface area contributed by atoms with Gasteiger partial charge in [-0.3, -0.25) is 0 Å². The molecule has 0 spiro atoms. The van der Waals surface area contributed by atoms with E-state index in [4.69, 9.17) is 9.26 Å². The molecule has 0 saturated carbocycles. The van der Waals surface area contributed by atoms with E-state index in [0.29, 0.717) is 17.3 Å². The molecule has 0 bridgehead atoms. The number of benzene rings is 1. The van der Waals surface area contributed by atoms with Crippen molar-refractivity contribution in [1.29, 1.82) is 0 Å². The molecule has 2 aromatic rings. The molecule has 0 aliphatic rings. The molecule has 1 unspecified atom stereocenters. The van der Waals surface area contributed by atoms with Gasteiger partial charge in [-0.15, -0.1) is 0 Å². The van der Waals surface area contributed by atoms with Crippen LogP contribution in [0.25, 0.3) is 0 Å². The van der Waals surface area contributed by atoms with E-state index in [1.807, 2.05) is 0 Å². The summed E-state index contributed by atoms with van der Waals surface area (Å²) >= 11 is 0. The zero-order chi connectivity index (χ0) is 17.7. The van der Waals surface area contributed by atoms with Gasteiger partial charge in [0.15, 0.2) is 5.82 Å². The van der Waals surface area contributed by atoms with Crippen molar-refractivity contribution in [3.63, 3.8) is 0 Å². The highest BCUT2D eigenvalue weighted by Gasteiger charge is 2.22. The Morgan fingerprint density at radius 3 is 2.62 bits per heavy atom. The number of amides is 1. The first-order chi connectivity index (χ1) is 11.2. The van der Waals surface area contributed by atoms with E-state index in [9.17, 15) is 9.18 Å². The van der Waals surface area contributed by atoms with Crippen molar-refractivity contribution in [2.24, 2.45) is 0 Å². The molecule has 0 saturated heterocycles. The lowest BCUT2D eigenvalue weighted by Crippen LogP contribution is -2.41. The molecule has 1 heterocycles. The van der Waals surface area contributed by atoms with Crippen molar-refractivity contribution in [3.05, 3.63) is 47.4 Å². The van der Waals surface area contributed by atoms with Gasteiger partial charge in [-0.2, -0.15) is 4.98 Å². The molecule has 1 atom stereocenters. The number of halogens is 1. The van der Waals surface area contributed by atoms with E-state index in [-0.39, 0.29) is 18.7 Å². The number of carbonyl (C=O) groups is 1. The molecule has 24 heavy (non-hydrogen) atoms. The van der Waals surface area contributed by atoms with Crippen LogP contribution in [0, 0.1) is 12.7 Å². The van der Waals surface area contributed by atoms with Gasteiger partial charge in [-0.05, 0) is 45.7 Å². The number of nitrogens with one attached hydrogen (secondary N) is 1. The normalized spacial score (nSPS) is 12.7. The van der Waals surface area contributed by atoms with Crippen LogP contribution < -0.4 is 5.32 Å². The minimum atomic E-state index is -0.617. The smallest absolute Gasteiger partial charge is 0.407 e. The van der Waals surface area contributed by atoms with Crippen molar-refractivity contribution in [2.45, 2.75) is 52.2 Å². The van der Waals surface area contributed by atoms with E-state index >= 15 is 0 Å². The highest BCUT2D eigenvalue weighted by molar-refractivity contribution is 5.68. The van der Waals surface area contributed by atoms with Crippen molar-refractivity contribution in [3.8, 4) is 0 Å². The van der Waals surface area contributed by atoms with Gasteiger partial charge in [0.2, 0.25) is 5.89 Å². The minimum Gasteiger partial charge on any atom is -0.444 e. The molecule has 6 nitrogen and oxygen atoms in total. The maximum absolute atomic E-state index is 13.9.